The van der Waals surface area contributed by atoms with Crippen LogP contribution in [0.4, 0.5) is 0 Å². The van der Waals surface area contributed by atoms with Crippen LogP contribution in [0.15, 0.2) is 76.2 Å². The standard InChI is InChI=1S/C19H16ClN3OS/c20-17-9-5-4-8-16(17)18-11-10-15(24-18)13-22-23-19(25)21-12-14-6-2-1-3-7-14/h1-11,13H,12H2,(H2,21,23,25)/b22-13+. The molecule has 0 saturated heterocycles. The minimum absolute atomic E-state index is 0.443. The van der Waals surface area contributed by atoms with Gasteiger partial charge in [-0.05, 0) is 42.0 Å². The van der Waals surface area contributed by atoms with E-state index in [1.807, 2.05) is 66.7 Å². The van der Waals surface area contributed by atoms with Crippen molar-refractivity contribution in [3.05, 3.63) is 83.1 Å². The number of nitrogens with one attached hydrogen (secondary N) is 2. The van der Waals surface area contributed by atoms with E-state index in [2.05, 4.69) is 15.8 Å². The van der Waals surface area contributed by atoms with Gasteiger partial charge in [0.25, 0.3) is 0 Å². The molecule has 1 heterocycles. The fraction of sp³-hybridized carbons (Fsp3) is 0.0526. The van der Waals surface area contributed by atoms with Gasteiger partial charge < -0.3 is 9.73 Å². The summed E-state index contributed by atoms with van der Waals surface area (Å²) in [5.74, 6) is 1.30. The molecule has 4 nitrogen and oxygen atoms in total. The molecule has 0 bridgehead atoms. The van der Waals surface area contributed by atoms with Crippen molar-refractivity contribution in [3.63, 3.8) is 0 Å². The van der Waals surface area contributed by atoms with E-state index in [0.717, 1.165) is 11.1 Å². The van der Waals surface area contributed by atoms with Gasteiger partial charge in [-0.1, -0.05) is 54.1 Å². The predicted octanol–water partition coefficient (Wildman–Crippen LogP) is 4.60. The summed E-state index contributed by atoms with van der Waals surface area (Å²) in [6, 6.07) is 21.2. The zero-order valence-electron chi connectivity index (χ0n) is 13.3. The van der Waals surface area contributed by atoms with Crippen LogP contribution >= 0.6 is 23.8 Å². The second kappa shape index (κ2) is 8.46. The number of hydrogen-bond acceptors (Lipinski definition) is 3. The van der Waals surface area contributed by atoms with E-state index in [0.29, 0.717) is 28.2 Å². The Balaban J connectivity index is 1.53. The maximum Gasteiger partial charge on any atom is 0.187 e. The second-order valence-corrected chi connectivity index (χ2v) is 6.04. The van der Waals surface area contributed by atoms with Crippen LogP contribution in [-0.2, 0) is 6.54 Å². The highest BCUT2D eigenvalue weighted by Gasteiger charge is 2.06. The Hall–Kier alpha value is -2.63. The third-order valence-electron chi connectivity index (χ3n) is 3.42. The monoisotopic (exact) mass is 369 g/mol. The minimum atomic E-state index is 0.443. The van der Waals surface area contributed by atoms with Crippen LogP contribution in [0.25, 0.3) is 11.3 Å². The van der Waals surface area contributed by atoms with Crippen LogP contribution in [0.1, 0.15) is 11.3 Å². The molecule has 3 aromatic rings. The lowest BCUT2D eigenvalue weighted by Crippen LogP contribution is -2.31. The number of thiocarbonyl (C=S) groups is 1. The van der Waals surface area contributed by atoms with Gasteiger partial charge >= 0.3 is 0 Å². The Morgan fingerprint density at radius 1 is 1.04 bits per heavy atom. The number of rotatable bonds is 5. The van der Waals surface area contributed by atoms with Crippen molar-refractivity contribution in [2.45, 2.75) is 6.54 Å². The summed E-state index contributed by atoms with van der Waals surface area (Å²) in [5, 5.41) is 8.25. The van der Waals surface area contributed by atoms with Crippen LogP contribution in [0.2, 0.25) is 5.02 Å². The van der Waals surface area contributed by atoms with Crippen molar-refractivity contribution in [2.24, 2.45) is 5.10 Å². The molecule has 2 N–H and O–H groups in total. The van der Waals surface area contributed by atoms with Gasteiger partial charge in [-0.2, -0.15) is 5.10 Å². The largest absolute Gasteiger partial charge is 0.455 e. The molecule has 0 radical (unpaired) electrons. The Morgan fingerprint density at radius 3 is 2.60 bits per heavy atom. The number of nitrogens with zero attached hydrogens (tertiary/aromatic N) is 1. The van der Waals surface area contributed by atoms with Gasteiger partial charge in [-0.25, -0.2) is 0 Å². The third-order valence-corrected chi connectivity index (χ3v) is 3.99. The van der Waals surface area contributed by atoms with Gasteiger partial charge in [0.1, 0.15) is 11.5 Å². The van der Waals surface area contributed by atoms with Crippen molar-refractivity contribution < 1.29 is 4.42 Å². The summed E-state index contributed by atoms with van der Waals surface area (Å²) in [4.78, 5) is 0. The SMILES string of the molecule is S=C(NCc1ccccc1)N/N=C/c1ccc(-c2ccccc2Cl)o1. The summed E-state index contributed by atoms with van der Waals surface area (Å²) in [7, 11) is 0. The lowest BCUT2D eigenvalue weighted by molar-refractivity contribution is 0.574. The molecule has 3 rings (SSSR count). The highest BCUT2D eigenvalue weighted by atomic mass is 35.5. The quantitative estimate of drug-likeness (QED) is 0.392. The van der Waals surface area contributed by atoms with Crippen molar-refractivity contribution in [3.8, 4) is 11.3 Å². The first-order chi connectivity index (χ1) is 12.2. The maximum absolute atomic E-state index is 6.17. The average Bonchev–Trinajstić information content (AvgIpc) is 3.10. The highest BCUT2D eigenvalue weighted by Crippen LogP contribution is 2.28. The molecule has 126 valence electrons. The lowest BCUT2D eigenvalue weighted by Gasteiger charge is -2.06. The molecule has 6 heteroatoms. The van der Waals surface area contributed by atoms with E-state index in [1.54, 1.807) is 6.21 Å². The van der Waals surface area contributed by atoms with Crippen LogP contribution in [0.3, 0.4) is 0 Å². The molecule has 0 spiro atoms. The number of halogens is 1. The summed E-state index contributed by atoms with van der Waals surface area (Å²) >= 11 is 11.4. The molecule has 0 unspecified atom stereocenters. The summed E-state index contributed by atoms with van der Waals surface area (Å²) in [5.41, 5.74) is 4.75. The zero-order chi connectivity index (χ0) is 17.5. The van der Waals surface area contributed by atoms with E-state index < -0.39 is 0 Å². The van der Waals surface area contributed by atoms with Crippen LogP contribution in [0.5, 0.6) is 0 Å². The second-order valence-electron chi connectivity index (χ2n) is 5.22. The first kappa shape index (κ1) is 17.2. The molecule has 0 aliphatic carbocycles. The van der Waals surface area contributed by atoms with Gasteiger partial charge in [0.05, 0.1) is 11.2 Å². The first-order valence-electron chi connectivity index (χ1n) is 7.68. The first-order valence-corrected chi connectivity index (χ1v) is 8.46. The Morgan fingerprint density at radius 2 is 1.80 bits per heavy atom. The molecule has 0 aliphatic rings. The Labute approximate surface area is 156 Å². The molecule has 0 atom stereocenters. The average molecular weight is 370 g/mol. The van der Waals surface area contributed by atoms with E-state index in [-0.39, 0.29) is 0 Å². The molecule has 1 aromatic heterocycles. The summed E-state index contributed by atoms with van der Waals surface area (Å²) < 4.78 is 5.72. The van der Waals surface area contributed by atoms with Gasteiger partial charge in [0.2, 0.25) is 0 Å². The van der Waals surface area contributed by atoms with Crippen molar-refractivity contribution in [1.29, 1.82) is 0 Å². The van der Waals surface area contributed by atoms with Crippen molar-refractivity contribution in [1.82, 2.24) is 10.7 Å². The van der Waals surface area contributed by atoms with Gasteiger partial charge in [0, 0.05) is 12.1 Å². The van der Waals surface area contributed by atoms with E-state index in [1.165, 1.54) is 0 Å². The predicted molar refractivity (Wildman–Crippen MR) is 106 cm³/mol. The van der Waals surface area contributed by atoms with Crippen LogP contribution in [0, 0.1) is 0 Å². The summed E-state index contributed by atoms with van der Waals surface area (Å²) in [6.07, 6.45) is 1.57. The van der Waals surface area contributed by atoms with E-state index >= 15 is 0 Å². The van der Waals surface area contributed by atoms with Gasteiger partial charge in [0.15, 0.2) is 5.11 Å². The molecule has 2 aromatic carbocycles. The van der Waals surface area contributed by atoms with Gasteiger partial charge in [-0.15, -0.1) is 0 Å². The molecule has 25 heavy (non-hydrogen) atoms. The minimum Gasteiger partial charge on any atom is -0.455 e. The molecule has 0 fully saturated rings. The molecular formula is C19H16ClN3OS. The van der Waals surface area contributed by atoms with Gasteiger partial charge in [-0.3, -0.25) is 5.43 Å². The maximum atomic E-state index is 6.17. The van der Waals surface area contributed by atoms with Crippen molar-refractivity contribution in [2.75, 3.05) is 0 Å². The molecule has 0 amide bonds. The lowest BCUT2D eigenvalue weighted by atomic mass is 10.2. The highest BCUT2D eigenvalue weighted by molar-refractivity contribution is 7.80. The third kappa shape index (κ3) is 4.92. The molecule has 0 aliphatic heterocycles. The topological polar surface area (TPSA) is 49.6 Å². The Kier molecular flexibility index (Phi) is 5.82. The summed E-state index contributed by atoms with van der Waals surface area (Å²) in [6.45, 7) is 0.638. The van der Waals surface area contributed by atoms with E-state index in [4.69, 9.17) is 28.2 Å². The number of hydrazone groups is 1. The smallest absolute Gasteiger partial charge is 0.187 e. The number of benzene rings is 2. The van der Waals surface area contributed by atoms with Crippen LogP contribution < -0.4 is 10.7 Å². The van der Waals surface area contributed by atoms with Crippen LogP contribution in [-0.4, -0.2) is 11.3 Å². The van der Waals surface area contributed by atoms with E-state index in [9.17, 15) is 0 Å². The normalized spacial score (nSPS) is 10.8. The zero-order valence-corrected chi connectivity index (χ0v) is 14.8. The molecular weight excluding hydrogens is 354 g/mol. The number of hydrogen-bond donors (Lipinski definition) is 2. The van der Waals surface area contributed by atoms with Crippen molar-refractivity contribution >= 4 is 35.1 Å². The number of furan rings is 1. The molecule has 0 saturated carbocycles. The fourth-order valence-corrected chi connectivity index (χ4v) is 2.55. The Bertz CT molecular complexity index is 877. The fourth-order valence-electron chi connectivity index (χ4n) is 2.20.